The molecule has 0 aliphatic heterocycles. The second-order valence-corrected chi connectivity index (χ2v) is 3.88. The third-order valence-electron chi connectivity index (χ3n) is 2.33. The van der Waals surface area contributed by atoms with E-state index in [0.717, 1.165) is 11.3 Å². The maximum Gasteiger partial charge on any atom is 0.161 e. The summed E-state index contributed by atoms with van der Waals surface area (Å²) in [5, 5.41) is 9.53. The van der Waals surface area contributed by atoms with Crippen molar-refractivity contribution in [3.63, 3.8) is 0 Å². The van der Waals surface area contributed by atoms with Crippen LogP contribution in [0.5, 0.6) is 0 Å². The number of aryl methyl sites for hydroxylation is 2. The number of pyridine rings is 1. The van der Waals surface area contributed by atoms with E-state index in [1.54, 1.807) is 12.4 Å². The molecule has 0 aliphatic carbocycles. The fourth-order valence-corrected chi connectivity index (χ4v) is 1.49. The minimum atomic E-state index is -0.0760. The summed E-state index contributed by atoms with van der Waals surface area (Å²) >= 11 is 0. The smallest absolute Gasteiger partial charge is 0.161 e. The monoisotopic (exact) mass is 227 g/mol. The maximum atomic E-state index is 9.53. The van der Waals surface area contributed by atoms with Crippen molar-refractivity contribution in [3.05, 3.63) is 48.1 Å². The first kappa shape index (κ1) is 11.3. The second-order valence-electron chi connectivity index (χ2n) is 3.88. The van der Waals surface area contributed by atoms with E-state index in [1.165, 1.54) is 0 Å². The normalized spacial score (nSPS) is 10.2. The van der Waals surface area contributed by atoms with Gasteiger partial charge in [-0.3, -0.25) is 0 Å². The molecule has 17 heavy (non-hydrogen) atoms. The maximum absolute atomic E-state index is 9.53. The van der Waals surface area contributed by atoms with Gasteiger partial charge >= 0.3 is 0 Å². The minimum Gasteiger partial charge on any atom is -0.506 e. The number of hydrogen-bond donors (Lipinski definition) is 1. The molecule has 4 nitrogen and oxygen atoms in total. The predicted octanol–water partition coefficient (Wildman–Crippen LogP) is 2.68. The Morgan fingerprint density at radius 3 is 2.41 bits per heavy atom. The Morgan fingerprint density at radius 1 is 1.18 bits per heavy atom. The van der Waals surface area contributed by atoms with Crippen LogP contribution in [0.1, 0.15) is 17.0 Å². The van der Waals surface area contributed by atoms with E-state index >= 15 is 0 Å². The summed E-state index contributed by atoms with van der Waals surface area (Å²) in [6.07, 6.45) is 3.46. The third-order valence-corrected chi connectivity index (χ3v) is 2.33. The van der Waals surface area contributed by atoms with Crippen LogP contribution in [0.15, 0.2) is 31.1 Å². The molecular formula is C13H13N3O. The number of rotatable bonds is 2. The Labute approximate surface area is 99.7 Å². The first-order valence-electron chi connectivity index (χ1n) is 5.23. The van der Waals surface area contributed by atoms with Crippen LogP contribution in [0.2, 0.25) is 0 Å². The highest BCUT2D eigenvalue weighted by atomic mass is 16.3. The average Bonchev–Trinajstić information content (AvgIpc) is 2.30. The lowest BCUT2D eigenvalue weighted by Crippen LogP contribution is -1.98. The van der Waals surface area contributed by atoms with Crippen molar-refractivity contribution in [1.29, 1.82) is 0 Å². The molecule has 2 heterocycles. The Hall–Kier alpha value is -2.23. The topological polar surface area (TPSA) is 58.9 Å². The number of hydrogen-bond acceptors (Lipinski definition) is 4. The van der Waals surface area contributed by atoms with Crippen molar-refractivity contribution in [2.75, 3.05) is 0 Å². The molecule has 0 atom stereocenters. The molecule has 0 radical (unpaired) electrons. The molecule has 2 aromatic rings. The fourth-order valence-electron chi connectivity index (χ4n) is 1.49. The van der Waals surface area contributed by atoms with Crippen LogP contribution in [0.4, 0.5) is 0 Å². The van der Waals surface area contributed by atoms with Gasteiger partial charge in [0, 0.05) is 23.7 Å². The van der Waals surface area contributed by atoms with Crippen molar-refractivity contribution in [2.45, 2.75) is 13.8 Å². The van der Waals surface area contributed by atoms with Gasteiger partial charge in [-0.25, -0.2) is 15.0 Å². The summed E-state index contributed by atoms with van der Waals surface area (Å²) in [6.45, 7) is 7.28. The summed E-state index contributed by atoms with van der Waals surface area (Å²) in [7, 11) is 0. The summed E-state index contributed by atoms with van der Waals surface area (Å²) in [5.41, 5.74) is 2.90. The molecule has 86 valence electrons. The summed E-state index contributed by atoms with van der Waals surface area (Å²) in [4.78, 5) is 12.7. The molecule has 0 amide bonds. The minimum absolute atomic E-state index is 0.0760. The Kier molecular flexibility index (Phi) is 2.87. The van der Waals surface area contributed by atoms with E-state index in [1.807, 2.05) is 26.0 Å². The number of aliphatic hydroxyl groups is 1. The number of nitrogens with zero attached hydrogens (tertiary/aromatic N) is 3. The van der Waals surface area contributed by atoms with E-state index in [-0.39, 0.29) is 5.76 Å². The molecule has 4 heteroatoms. The predicted molar refractivity (Wildman–Crippen MR) is 66.4 cm³/mol. The molecule has 0 spiro atoms. The molecule has 0 saturated carbocycles. The van der Waals surface area contributed by atoms with E-state index in [0.29, 0.717) is 17.1 Å². The van der Waals surface area contributed by atoms with Crippen LogP contribution < -0.4 is 0 Å². The van der Waals surface area contributed by atoms with E-state index < -0.39 is 0 Å². The third kappa shape index (κ3) is 2.30. The van der Waals surface area contributed by atoms with Crippen molar-refractivity contribution in [1.82, 2.24) is 15.0 Å². The van der Waals surface area contributed by atoms with Gasteiger partial charge in [0.25, 0.3) is 0 Å². The van der Waals surface area contributed by atoms with Gasteiger partial charge in [0.15, 0.2) is 5.82 Å². The number of aromatic nitrogens is 3. The van der Waals surface area contributed by atoms with Crippen molar-refractivity contribution in [3.8, 4) is 11.4 Å². The first-order chi connectivity index (χ1) is 8.08. The van der Waals surface area contributed by atoms with Gasteiger partial charge in [-0.1, -0.05) is 6.58 Å². The van der Waals surface area contributed by atoms with Crippen LogP contribution in [0.25, 0.3) is 17.1 Å². The first-order valence-corrected chi connectivity index (χ1v) is 5.23. The molecular weight excluding hydrogens is 214 g/mol. The van der Waals surface area contributed by atoms with Gasteiger partial charge in [-0.05, 0) is 31.5 Å². The summed E-state index contributed by atoms with van der Waals surface area (Å²) in [5.74, 6) is 0.459. The molecule has 0 saturated heterocycles. The summed E-state index contributed by atoms with van der Waals surface area (Å²) < 4.78 is 0. The van der Waals surface area contributed by atoms with Gasteiger partial charge < -0.3 is 5.11 Å². The lowest BCUT2D eigenvalue weighted by Gasteiger charge is -2.07. The highest BCUT2D eigenvalue weighted by Gasteiger charge is 2.11. The second kappa shape index (κ2) is 4.33. The van der Waals surface area contributed by atoms with Crippen LogP contribution in [-0.4, -0.2) is 20.1 Å². The van der Waals surface area contributed by atoms with Crippen LogP contribution in [0, 0.1) is 13.8 Å². The average molecular weight is 227 g/mol. The molecule has 0 aromatic carbocycles. The van der Waals surface area contributed by atoms with Gasteiger partial charge in [-0.2, -0.15) is 0 Å². The zero-order valence-electron chi connectivity index (χ0n) is 9.81. The zero-order chi connectivity index (χ0) is 12.4. The summed E-state index contributed by atoms with van der Waals surface area (Å²) in [6, 6.07) is 3.69. The SMILES string of the molecule is C=C(O)c1nc(C)ccc1-c1ncc(C)cn1. The van der Waals surface area contributed by atoms with E-state index in [9.17, 15) is 5.11 Å². The van der Waals surface area contributed by atoms with Gasteiger partial charge in [0.2, 0.25) is 0 Å². The molecule has 2 rings (SSSR count). The van der Waals surface area contributed by atoms with Crippen LogP contribution in [0.3, 0.4) is 0 Å². The lowest BCUT2D eigenvalue weighted by molar-refractivity contribution is 0.510. The van der Waals surface area contributed by atoms with Crippen molar-refractivity contribution >= 4 is 5.76 Å². The molecule has 2 aromatic heterocycles. The largest absolute Gasteiger partial charge is 0.506 e. The number of aliphatic hydroxyl groups excluding tert-OH is 1. The van der Waals surface area contributed by atoms with Crippen molar-refractivity contribution in [2.24, 2.45) is 0 Å². The van der Waals surface area contributed by atoms with Crippen LogP contribution >= 0.6 is 0 Å². The fraction of sp³-hybridized carbons (Fsp3) is 0.154. The van der Waals surface area contributed by atoms with Crippen LogP contribution in [-0.2, 0) is 0 Å². The molecule has 0 aliphatic rings. The quantitative estimate of drug-likeness (QED) is 0.801. The Bertz CT molecular complexity index is 561. The van der Waals surface area contributed by atoms with E-state index in [4.69, 9.17) is 0 Å². The standard InChI is InChI=1S/C13H13N3O/c1-8-6-14-13(15-7-8)11-5-4-9(2)16-12(11)10(3)17/h4-7,17H,3H2,1-2H3. The molecule has 1 N–H and O–H groups in total. The molecule has 0 unspecified atom stereocenters. The highest BCUT2D eigenvalue weighted by Crippen LogP contribution is 2.22. The van der Waals surface area contributed by atoms with Gasteiger partial charge in [0.1, 0.15) is 11.5 Å². The van der Waals surface area contributed by atoms with Crippen molar-refractivity contribution < 1.29 is 5.11 Å². The van der Waals surface area contributed by atoms with Gasteiger partial charge in [0.05, 0.1) is 0 Å². The Balaban J connectivity index is 2.58. The lowest BCUT2D eigenvalue weighted by atomic mass is 10.1. The molecule has 0 bridgehead atoms. The Morgan fingerprint density at radius 2 is 1.82 bits per heavy atom. The van der Waals surface area contributed by atoms with E-state index in [2.05, 4.69) is 21.5 Å². The highest BCUT2D eigenvalue weighted by molar-refractivity contribution is 5.71. The molecule has 0 fully saturated rings. The zero-order valence-corrected chi connectivity index (χ0v) is 9.81. The van der Waals surface area contributed by atoms with Gasteiger partial charge in [-0.15, -0.1) is 0 Å².